The van der Waals surface area contributed by atoms with Gasteiger partial charge in [-0.1, -0.05) is 24.3 Å². The van der Waals surface area contributed by atoms with E-state index in [-0.39, 0.29) is 49.0 Å². The molecule has 4 saturated heterocycles. The van der Waals surface area contributed by atoms with Crippen molar-refractivity contribution in [3.63, 3.8) is 0 Å². The number of benzene rings is 3. The molecule has 0 spiro atoms. The van der Waals surface area contributed by atoms with E-state index in [9.17, 15) is 32.0 Å². The fourth-order valence-electron chi connectivity index (χ4n) is 10.5. The molecule has 7 heterocycles. The molecule has 0 radical (unpaired) electrons. The van der Waals surface area contributed by atoms with Gasteiger partial charge >= 0.3 is 15.9 Å². The Morgan fingerprint density at radius 1 is 0.896 bits per heavy atom. The molecule has 67 heavy (non-hydrogen) atoms. The molecule has 4 aliphatic heterocycles. The minimum Gasteiger partial charge on any atom is -0.372 e. The Morgan fingerprint density at radius 3 is 2.37 bits per heavy atom. The predicted molar refractivity (Wildman–Crippen MR) is 247 cm³/mol. The van der Waals surface area contributed by atoms with E-state index in [1.54, 1.807) is 28.4 Å². The van der Waals surface area contributed by atoms with E-state index in [2.05, 4.69) is 43.3 Å². The van der Waals surface area contributed by atoms with Crippen molar-refractivity contribution in [2.45, 2.75) is 63.1 Å². The van der Waals surface area contributed by atoms with Gasteiger partial charge in [-0.3, -0.25) is 33.6 Å². The Bertz CT molecular complexity index is 3100. The maximum atomic E-state index is 15.8. The molecule has 0 saturated carbocycles. The van der Waals surface area contributed by atoms with Crippen LogP contribution in [0.1, 0.15) is 78.4 Å². The number of rotatable bonds is 11. The van der Waals surface area contributed by atoms with Gasteiger partial charge < -0.3 is 14.8 Å². The lowest BCUT2D eigenvalue weighted by atomic mass is 9.87. The van der Waals surface area contributed by atoms with Gasteiger partial charge in [0, 0.05) is 80.8 Å². The Morgan fingerprint density at radius 2 is 1.66 bits per heavy atom. The van der Waals surface area contributed by atoms with Crippen LogP contribution in [-0.4, -0.2) is 106 Å². The third kappa shape index (κ3) is 8.41. The first-order valence-electron chi connectivity index (χ1n) is 22.8. The van der Waals surface area contributed by atoms with Crippen LogP contribution in [0.15, 0.2) is 77.9 Å². The van der Waals surface area contributed by atoms with Crippen molar-refractivity contribution in [2.24, 2.45) is 13.0 Å². The highest BCUT2D eigenvalue weighted by atomic mass is 32.2. The number of ketones is 1. The van der Waals surface area contributed by atoms with Gasteiger partial charge in [-0.15, -0.1) is 0 Å². The molecule has 6 aromatic rings. The number of nitrogens with zero attached hydrogens (tertiary/aromatic N) is 6. The molecule has 0 bridgehead atoms. The standard InChI is InChI=1S/C48H50F3N9O6S/c1-56-44-34(3-2-4-39(44)60(48(56)64)40-11-12-41(61)54-47(40)63)30-15-18-57(19-16-30)26-28-13-20-58(21-14-28)33-7-5-29(6-8-33)31-23-35-36(25-53-46(35)52-24-31)45(62)42-37(50)9-10-38(43(42)51)55-67(65,66)59-22-17-32(49)27-59/h2-10,23-25,28,30,32,40,55H,11-22,26-27H2,1H3,(H,52,53)(H,54,61,63). The van der Waals surface area contributed by atoms with Crippen molar-refractivity contribution in [2.75, 3.05) is 55.4 Å². The smallest absolute Gasteiger partial charge is 0.329 e. The van der Waals surface area contributed by atoms with Gasteiger partial charge in [-0.2, -0.15) is 12.7 Å². The van der Waals surface area contributed by atoms with Gasteiger partial charge in [0.05, 0.1) is 22.3 Å². The highest BCUT2D eigenvalue weighted by Crippen LogP contribution is 2.36. The summed E-state index contributed by atoms with van der Waals surface area (Å²) < 4.78 is 76.4. The fourth-order valence-corrected chi connectivity index (χ4v) is 11.8. The summed E-state index contributed by atoms with van der Waals surface area (Å²) in [5.74, 6) is -3.46. The molecule has 4 fully saturated rings. The molecule has 3 N–H and O–H groups in total. The zero-order chi connectivity index (χ0) is 46.7. The van der Waals surface area contributed by atoms with E-state index >= 15 is 8.78 Å². The minimum atomic E-state index is -4.36. The number of para-hydroxylation sites is 1. The number of anilines is 2. The summed E-state index contributed by atoms with van der Waals surface area (Å²) in [4.78, 5) is 64.1. The quantitative estimate of drug-likeness (QED) is 0.102. The van der Waals surface area contributed by atoms with Crippen molar-refractivity contribution >= 4 is 61.2 Å². The van der Waals surface area contributed by atoms with Crippen LogP contribution in [0.25, 0.3) is 33.2 Å². The van der Waals surface area contributed by atoms with E-state index in [1.165, 1.54) is 6.20 Å². The first-order chi connectivity index (χ1) is 32.2. The number of alkyl halides is 1. The van der Waals surface area contributed by atoms with Crippen LogP contribution in [0, 0.1) is 17.6 Å². The lowest BCUT2D eigenvalue weighted by molar-refractivity contribution is -0.135. The Kier molecular flexibility index (Phi) is 11.8. The number of halogens is 3. The van der Waals surface area contributed by atoms with Gasteiger partial charge in [0.15, 0.2) is 5.82 Å². The molecule has 10 rings (SSSR count). The lowest BCUT2D eigenvalue weighted by Crippen LogP contribution is -2.44. The largest absolute Gasteiger partial charge is 0.372 e. The number of imidazole rings is 1. The van der Waals surface area contributed by atoms with Gasteiger partial charge in [0.2, 0.25) is 17.6 Å². The van der Waals surface area contributed by atoms with E-state index in [4.69, 9.17) is 0 Å². The molecule has 3 aromatic carbocycles. The number of aromatic amines is 1. The number of carbonyl (C=O) groups is 3. The zero-order valence-electron chi connectivity index (χ0n) is 36.8. The Balaban J connectivity index is 0.756. The summed E-state index contributed by atoms with van der Waals surface area (Å²) in [7, 11) is -2.60. The Labute approximate surface area is 384 Å². The molecule has 19 heteroatoms. The second-order valence-corrected chi connectivity index (χ2v) is 19.9. The molecule has 15 nitrogen and oxygen atoms in total. The highest BCUT2D eigenvalue weighted by molar-refractivity contribution is 7.90. The summed E-state index contributed by atoms with van der Waals surface area (Å²) in [6, 6.07) is 16.7. The van der Waals surface area contributed by atoms with Gasteiger partial charge in [0.25, 0.3) is 0 Å². The van der Waals surface area contributed by atoms with Crippen molar-refractivity contribution in [1.82, 2.24) is 33.6 Å². The third-order valence-electron chi connectivity index (χ3n) is 14.1. The Hall–Kier alpha value is -6.31. The number of hydrogen-bond donors (Lipinski definition) is 3. The van der Waals surface area contributed by atoms with Crippen LogP contribution in [0.3, 0.4) is 0 Å². The molecular formula is C48H50F3N9O6S. The van der Waals surface area contributed by atoms with Crippen LogP contribution < -0.4 is 20.6 Å². The first kappa shape index (κ1) is 44.5. The predicted octanol–water partition coefficient (Wildman–Crippen LogP) is 6.17. The van der Waals surface area contributed by atoms with Crippen molar-refractivity contribution in [1.29, 1.82) is 0 Å². The number of amides is 2. The molecule has 2 amide bonds. The molecule has 350 valence electrons. The van der Waals surface area contributed by atoms with Crippen LogP contribution in [0.4, 0.5) is 24.5 Å². The van der Waals surface area contributed by atoms with Crippen molar-refractivity contribution in [3.05, 3.63) is 112 Å². The number of piperidine rings is 3. The maximum Gasteiger partial charge on any atom is 0.329 e. The number of likely N-dealkylation sites (tertiary alicyclic amines) is 1. The van der Waals surface area contributed by atoms with Gasteiger partial charge in [-0.05, 0) is 111 Å². The topological polar surface area (TPSA) is 175 Å². The number of hydrogen-bond acceptors (Lipinski definition) is 9. The number of pyridine rings is 1. The fraction of sp³-hybridized carbons (Fsp3) is 0.396. The molecule has 4 aliphatic rings. The van der Waals surface area contributed by atoms with Crippen molar-refractivity contribution < 1.29 is 36.0 Å². The van der Waals surface area contributed by atoms with E-state index in [1.807, 2.05) is 29.0 Å². The number of aryl methyl sites for hydroxylation is 1. The highest BCUT2D eigenvalue weighted by Gasteiger charge is 2.35. The van der Waals surface area contributed by atoms with E-state index < -0.39 is 57.0 Å². The normalized spacial score (nSPS) is 20.6. The number of H-pyrrole nitrogens is 1. The average molecular weight is 938 g/mol. The second kappa shape index (κ2) is 17.7. The third-order valence-corrected chi connectivity index (χ3v) is 15.6. The first-order valence-corrected chi connectivity index (χ1v) is 24.2. The lowest BCUT2D eigenvalue weighted by Gasteiger charge is -2.38. The maximum absolute atomic E-state index is 15.8. The zero-order valence-corrected chi connectivity index (χ0v) is 37.6. The molecular weight excluding hydrogens is 888 g/mol. The monoisotopic (exact) mass is 937 g/mol. The summed E-state index contributed by atoms with van der Waals surface area (Å²) >= 11 is 0. The van der Waals surface area contributed by atoms with Gasteiger partial charge in [0.1, 0.15) is 23.7 Å². The number of nitrogens with one attached hydrogen (secondary N) is 3. The van der Waals surface area contributed by atoms with E-state index in [0.717, 1.165) is 103 Å². The molecule has 3 aromatic heterocycles. The summed E-state index contributed by atoms with van der Waals surface area (Å²) in [6.07, 6.45) is 6.15. The van der Waals surface area contributed by atoms with Crippen molar-refractivity contribution in [3.8, 4) is 11.1 Å². The second-order valence-electron chi connectivity index (χ2n) is 18.2. The van der Waals surface area contributed by atoms with Gasteiger partial charge in [-0.25, -0.2) is 22.9 Å². The minimum absolute atomic E-state index is 0.00258. The summed E-state index contributed by atoms with van der Waals surface area (Å²) in [5.41, 5.74) is 3.77. The molecule has 2 unspecified atom stereocenters. The number of fused-ring (bicyclic) bond motifs is 2. The van der Waals surface area contributed by atoms with E-state index in [0.29, 0.717) is 28.9 Å². The number of carbonyl (C=O) groups excluding carboxylic acids is 3. The van der Waals surface area contributed by atoms with Crippen LogP contribution >= 0.6 is 0 Å². The average Bonchev–Trinajstić information content (AvgIpc) is 4.03. The molecule has 2 atom stereocenters. The number of aromatic nitrogens is 4. The summed E-state index contributed by atoms with van der Waals surface area (Å²) in [6.45, 7) is 4.28. The van der Waals surface area contributed by atoms with Crippen LogP contribution in [0.2, 0.25) is 0 Å². The summed E-state index contributed by atoms with van der Waals surface area (Å²) in [5, 5.41) is 2.72. The number of imide groups is 1. The van der Waals surface area contributed by atoms with Crippen LogP contribution in [-0.2, 0) is 26.8 Å². The molecule has 0 aliphatic carbocycles. The SMILES string of the molecule is Cn1c(=O)n(C2CCC(=O)NC2=O)c2cccc(C3CCN(CC4CCN(c5ccc(-c6cnc7[nH]cc(C(=O)c8c(F)ccc(NS(=O)(=O)N9CCC(F)C9)c8F)c7c6)cc5)CC4)CC3)c21. The van der Waals surface area contributed by atoms with Crippen LogP contribution in [0.5, 0.6) is 0 Å².